The van der Waals surface area contributed by atoms with E-state index in [0.29, 0.717) is 6.04 Å². The summed E-state index contributed by atoms with van der Waals surface area (Å²) in [7, 11) is 0. The Morgan fingerprint density at radius 3 is 2.67 bits per heavy atom. The Morgan fingerprint density at radius 2 is 2.13 bits per heavy atom. The molecule has 0 heterocycles. The molecule has 1 rings (SSSR count). The molecule has 1 heteroatoms. The average Bonchev–Trinajstić information content (AvgIpc) is 2.27. The smallest absolute Gasteiger partial charge is 0.0305 e. The molecule has 0 bridgehead atoms. The zero-order valence-electron chi connectivity index (χ0n) is 10.7. The van der Waals surface area contributed by atoms with Gasteiger partial charge < -0.3 is 5.32 Å². The first-order valence-corrected chi connectivity index (χ1v) is 6.71. The van der Waals surface area contributed by atoms with E-state index in [1.54, 1.807) is 5.57 Å². The quantitative estimate of drug-likeness (QED) is 0.654. The van der Waals surface area contributed by atoms with Gasteiger partial charge in [0.15, 0.2) is 0 Å². The summed E-state index contributed by atoms with van der Waals surface area (Å²) >= 11 is 0. The third-order valence-electron chi connectivity index (χ3n) is 3.46. The Kier molecular flexibility index (Phi) is 6.00. The molecule has 1 nitrogen and oxygen atoms in total. The van der Waals surface area contributed by atoms with Crippen LogP contribution in [0.25, 0.3) is 0 Å². The molecule has 0 saturated heterocycles. The van der Waals surface area contributed by atoms with Crippen molar-refractivity contribution in [2.75, 3.05) is 6.54 Å². The average molecular weight is 209 g/mol. The Labute approximate surface area is 95.3 Å². The van der Waals surface area contributed by atoms with Gasteiger partial charge in [-0.3, -0.25) is 0 Å². The predicted octanol–water partition coefficient (Wildman–Crippen LogP) is 3.90. The zero-order chi connectivity index (χ0) is 11.1. The number of nitrogens with one attached hydrogen (secondary N) is 1. The van der Waals surface area contributed by atoms with Gasteiger partial charge in [-0.05, 0) is 44.6 Å². The molecule has 2 unspecified atom stereocenters. The summed E-state index contributed by atoms with van der Waals surface area (Å²) in [5, 5.41) is 3.67. The van der Waals surface area contributed by atoms with Gasteiger partial charge in [0.05, 0.1) is 0 Å². The maximum atomic E-state index is 3.67. The van der Waals surface area contributed by atoms with Gasteiger partial charge in [0.1, 0.15) is 0 Å². The van der Waals surface area contributed by atoms with Gasteiger partial charge in [0.2, 0.25) is 0 Å². The molecular weight excluding hydrogens is 182 g/mol. The highest BCUT2D eigenvalue weighted by Gasteiger charge is 2.20. The molecule has 15 heavy (non-hydrogen) atoms. The van der Waals surface area contributed by atoms with Crippen molar-refractivity contribution in [3.05, 3.63) is 11.6 Å². The molecule has 0 saturated carbocycles. The molecule has 1 aliphatic carbocycles. The van der Waals surface area contributed by atoms with Crippen molar-refractivity contribution in [2.45, 2.75) is 65.3 Å². The van der Waals surface area contributed by atoms with E-state index in [2.05, 4.69) is 32.2 Å². The van der Waals surface area contributed by atoms with Gasteiger partial charge in [-0.2, -0.15) is 0 Å². The van der Waals surface area contributed by atoms with Crippen LogP contribution in [0.3, 0.4) is 0 Å². The zero-order valence-corrected chi connectivity index (χ0v) is 10.7. The van der Waals surface area contributed by atoms with E-state index >= 15 is 0 Å². The Balaban J connectivity index is 2.58. The van der Waals surface area contributed by atoms with Crippen molar-refractivity contribution in [3.8, 4) is 0 Å². The number of likely N-dealkylation sites (N-methyl/N-ethyl adjacent to an activating group) is 1. The lowest BCUT2D eigenvalue weighted by Crippen LogP contribution is -2.37. The maximum Gasteiger partial charge on any atom is 0.0305 e. The van der Waals surface area contributed by atoms with Crippen LogP contribution in [0.2, 0.25) is 0 Å². The SMILES string of the molecule is CCCC(C)C(NCC)C1=CCCCC1. The fraction of sp³-hybridized carbons (Fsp3) is 0.857. The van der Waals surface area contributed by atoms with E-state index in [-0.39, 0.29) is 0 Å². The molecule has 0 fully saturated rings. The number of hydrogen-bond donors (Lipinski definition) is 1. The van der Waals surface area contributed by atoms with E-state index < -0.39 is 0 Å². The van der Waals surface area contributed by atoms with Crippen LogP contribution in [0.1, 0.15) is 59.3 Å². The topological polar surface area (TPSA) is 12.0 Å². The minimum absolute atomic E-state index is 0.648. The molecule has 88 valence electrons. The van der Waals surface area contributed by atoms with Crippen molar-refractivity contribution in [3.63, 3.8) is 0 Å². The summed E-state index contributed by atoms with van der Waals surface area (Å²) in [4.78, 5) is 0. The first-order valence-electron chi connectivity index (χ1n) is 6.71. The second kappa shape index (κ2) is 7.05. The second-order valence-electron chi connectivity index (χ2n) is 4.83. The molecule has 0 radical (unpaired) electrons. The fourth-order valence-corrected chi connectivity index (χ4v) is 2.69. The van der Waals surface area contributed by atoms with Crippen molar-refractivity contribution in [1.82, 2.24) is 5.32 Å². The summed E-state index contributed by atoms with van der Waals surface area (Å²) < 4.78 is 0. The van der Waals surface area contributed by atoms with Crippen molar-refractivity contribution in [1.29, 1.82) is 0 Å². The predicted molar refractivity (Wildman–Crippen MR) is 68.1 cm³/mol. The Morgan fingerprint density at radius 1 is 1.33 bits per heavy atom. The highest BCUT2D eigenvalue weighted by Crippen LogP contribution is 2.26. The normalized spacial score (nSPS) is 20.9. The third kappa shape index (κ3) is 3.98. The second-order valence-corrected chi connectivity index (χ2v) is 4.83. The monoisotopic (exact) mass is 209 g/mol. The summed E-state index contributed by atoms with van der Waals surface area (Å²) in [5.74, 6) is 0.791. The van der Waals surface area contributed by atoms with Gasteiger partial charge in [-0.25, -0.2) is 0 Å². The summed E-state index contributed by atoms with van der Waals surface area (Å²) in [5.41, 5.74) is 1.68. The molecule has 2 atom stereocenters. The van der Waals surface area contributed by atoms with Crippen LogP contribution in [-0.4, -0.2) is 12.6 Å². The van der Waals surface area contributed by atoms with E-state index in [9.17, 15) is 0 Å². The molecule has 0 spiro atoms. The van der Waals surface area contributed by atoms with E-state index in [1.807, 2.05) is 0 Å². The summed E-state index contributed by atoms with van der Waals surface area (Å²) in [6.07, 6.45) is 10.5. The molecule has 1 N–H and O–H groups in total. The number of allylic oxidation sites excluding steroid dienone is 1. The first kappa shape index (κ1) is 12.8. The molecule has 0 aliphatic heterocycles. The van der Waals surface area contributed by atoms with Crippen molar-refractivity contribution in [2.24, 2.45) is 5.92 Å². The van der Waals surface area contributed by atoms with Crippen LogP contribution < -0.4 is 5.32 Å². The van der Waals surface area contributed by atoms with Crippen molar-refractivity contribution >= 4 is 0 Å². The van der Waals surface area contributed by atoms with Crippen LogP contribution in [0.15, 0.2) is 11.6 Å². The van der Waals surface area contributed by atoms with Gasteiger partial charge in [0.25, 0.3) is 0 Å². The van der Waals surface area contributed by atoms with Gasteiger partial charge in [-0.1, -0.05) is 38.8 Å². The molecule has 0 aromatic carbocycles. The Hall–Kier alpha value is -0.300. The van der Waals surface area contributed by atoms with Crippen LogP contribution in [0.5, 0.6) is 0 Å². The lowest BCUT2D eigenvalue weighted by Gasteiger charge is -2.29. The van der Waals surface area contributed by atoms with Crippen LogP contribution >= 0.6 is 0 Å². The van der Waals surface area contributed by atoms with Crippen LogP contribution in [-0.2, 0) is 0 Å². The Bertz CT molecular complexity index is 196. The molecule has 0 aromatic rings. The standard InChI is InChI=1S/C14H27N/c1-4-9-12(3)14(15-5-2)13-10-7-6-8-11-13/h10,12,14-15H,4-9,11H2,1-3H3. The third-order valence-corrected chi connectivity index (χ3v) is 3.46. The highest BCUT2D eigenvalue weighted by atomic mass is 14.9. The van der Waals surface area contributed by atoms with E-state index in [4.69, 9.17) is 0 Å². The molecule has 0 amide bonds. The van der Waals surface area contributed by atoms with E-state index in [1.165, 1.54) is 38.5 Å². The highest BCUT2D eigenvalue weighted by molar-refractivity contribution is 5.14. The lowest BCUT2D eigenvalue weighted by molar-refractivity contribution is 0.385. The van der Waals surface area contributed by atoms with Gasteiger partial charge in [0, 0.05) is 6.04 Å². The minimum atomic E-state index is 0.648. The van der Waals surface area contributed by atoms with Gasteiger partial charge >= 0.3 is 0 Å². The lowest BCUT2D eigenvalue weighted by atomic mass is 9.85. The maximum absolute atomic E-state index is 3.67. The fourth-order valence-electron chi connectivity index (χ4n) is 2.69. The number of rotatable bonds is 6. The van der Waals surface area contributed by atoms with Crippen molar-refractivity contribution < 1.29 is 0 Å². The van der Waals surface area contributed by atoms with E-state index in [0.717, 1.165) is 12.5 Å². The summed E-state index contributed by atoms with van der Waals surface area (Å²) in [6, 6.07) is 0.648. The molecule has 1 aliphatic rings. The first-order chi connectivity index (χ1) is 7.29. The minimum Gasteiger partial charge on any atom is -0.310 e. The molecule has 0 aromatic heterocycles. The van der Waals surface area contributed by atoms with Gasteiger partial charge in [-0.15, -0.1) is 0 Å². The number of hydrogen-bond acceptors (Lipinski definition) is 1. The molecular formula is C14H27N. The van der Waals surface area contributed by atoms with Crippen LogP contribution in [0, 0.1) is 5.92 Å². The largest absolute Gasteiger partial charge is 0.310 e. The summed E-state index contributed by atoms with van der Waals surface area (Å²) in [6.45, 7) is 7.99. The van der Waals surface area contributed by atoms with Crippen LogP contribution in [0.4, 0.5) is 0 Å².